The van der Waals surface area contributed by atoms with Crippen molar-refractivity contribution in [1.82, 2.24) is 0 Å². The van der Waals surface area contributed by atoms with E-state index in [0.29, 0.717) is 0 Å². The van der Waals surface area contributed by atoms with Gasteiger partial charge in [-0.2, -0.15) is 24.3 Å². The van der Waals surface area contributed by atoms with Crippen LogP contribution in [0.25, 0.3) is 43.1 Å². The number of benzene rings is 4. The first-order valence-electron chi connectivity index (χ1n) is 27.9. The molecule has 8 aromatic carbocycles. The van der Waals surface area contributed by atoms with Gasteiger partial charge in [-0.15, -0.1) is 161 Å². The second kappa shape index (κ2) is 36.9. The van der Waals surface area contributed by atoms with E-state index in [2.05, 4.69) is 256 Å². The molecule has 0 nitrogen and oxygen atoms in total. The van der Waals surface area contributed by atoms with Gasteiger partial charge in [-0.3, -0.25) is 0 Å². The first-order valence-corrected chi connectivity index (χ1v) is 34.7. The molecule has 0 unspecified atom stereocenters. The van der Waals surface area contributed by atoms with Gasteiger partial charge in [0.2, 0.25) is 0 Å². The van der Waals surface area contributed by atoms with Crippen LogP contribution in [-0.2, 0) is 52.4 Å². The summed E-state index contributed by atoms with van der Waals surface area (Å²) in [5.41, 5.74) is 0. The maximum Gasteiger partial charge on any atom is 2.00 e. The van der Waals surface area contributed by atoms with E-state index in [-0.39, 0.29) is 93.5 Å². The van der Waals surface area contributed by atoms with Crippen molar-refractivity contribution in [1.29, 1.82) is 0 Å². The van der Waals surface area contributed by atoms with Crippen LogP contribution in [0.2, 0.25) is 0 Å². The van der Waals surface area contributed by atoms with Crippen LogP contribution in [0.15, 0.2) is 146 Å². The molecule has 8 heteroatoms. The van der Waals surface area contributed by atoms with Gasteiger partial charge in [0.05, 0.1) is 0 Å². The van der Waals surface area contributed by atoms with E-state index in [4.69, 9.17) is 0 Å². The molecule has 0 aliphatic heterocycles. The van der Waals surface area contributed by atoms with Crippen molar-refractivity contribution in [3.63, 3.8) is 0 Å². The SMILES string of the molecule is CC(C)CP(CC(C)C)c1cc2ccccc2[cH-]1.CC(C)CP(CC(C)C)c1cc2ccccc2[cH-]1.CC(C)CP(CC(C)C)c1cc2ccccc2[cH-]1.CC(C)CP(CC(C)C)c1cc2ccccc2[cH-]1.[F-].[F-].[Zr+2].[Zr+2]. The summed E-state index contributed by atoms with van der Waals surface area (Å²) >= 11 is 0. The number of hydrogen-bond donors (Lipinski definition) is 0. The molecule has 0 radical (unpaired) electrons. The molecule has 76 heavy (non-hydrogen) atoms. The fourth-order valence-electron chi connectivity index (χ4n) is 9.93. The topological polar surface area (TPSA) is 0 Å². The van der Waals surface area contributed by atoms with Crippen LogP contribution in [0.4, 0.5) is 0 Å². The zero-order valence-electron chi connectivity index (χ0n) is 49.7. The predicted octanol–water partition coefficient (Wildman–Crippen LogP) is 13.9. The van der Waals surface area contributed by atoms with Gasteiger partial charge in [-0.1, -0.05) is 167 Å². The number of hydrogen-bond acceptors (Lipinski definition) is 0. The van der Waals surface area contributed by atoms with E-state index in [9.17, 15) is 0 Å². The standard InChI is InChI=1S/4C17H24P.2FH.2Zr/c4*1-13(2)11-18(12-14(3)4)17-9-15-7-5-6-8-16(15)10-17;;;;/h4*5-10,13-14H,11-12H2,1-4H3;2*1H;;/q4*-1;;;2*+2/p-2. The van der Waals surface area contributed by atoms with Crippen molar-refractivity contribution in [2.24, 2.45) is 47.3 Å². The monoisotopic (exact) mass is 1250 g/mol. The zero-order chi connectivity index (χ0) is 52.5. The van der Waals surface area contributed by atoms with Gasteiger partial charge < -0.3 is 9.41 Å². The summed E-state index contributed by atoms with van der Waals surface area (Å²) in [6, 6.07) is 54.4. The third-order valence-corrected chi connectivity index (χ3v) is 25.9. The van der Waals surface area contributed by atoms with Gasteiger partial charge in [-0.25, -0.2) is 0 Å². The zero-order valence-corrected chi connectivity index (χ0v) is 58.2. The summed E-state index contributed by atoms with van der Waals surface area (Å²) < 4.78 is 0. The molecule has 8 rings (SSSR count). The van der Waals surface area contributed by atoms with Crippen molar-refractivity contribution >= 4 is 96.0 Å². The van der Waals surface area contributed by atoms with Crippen LogP contribution in [0.1, 0.15) is 111 Å². The molecule has 0 heterocycles. The third kappa shape index (κ3) is 24.8. The maximum absolute atomic E-state index is 2.42. The van der Waals surface area contributed by atoms with Gasteiger partial charge in [0.15, 0.2) is 0 Å². The van der Waals surface area contributed by atoms with Crippen LogP contribution < -0.4 is 30.6 Å². The van der Waals surface area contributed by atoms with Gasteiger partial charge in [0.25, 0.3) is 0 Å². The summed E-state index contributed by atoms with van der Waals surface area (Å²) in [4.78, 5) is 0. The minimum atomic E-state index is 0. The average Bonchev–Trinajstić information content (AvgIpc) is 4.12. The fourth-order valence-corrected chi connectivity index (χ4v) is 21.8. The number of halogens is 2. The largest absolute Gasteiger partial charge is 2.00 e. The van der Waals surface area contributed by atoms with Crippen molar-refractivity contribution in [2.45, 2.75) is 111 Å². The van der Waals surface area contributed by atoms with Crippen LogP contribution in [-0.4, -0.2) is 49.3 Å². The molecular formula is C68H96F2P4Zr2-2. The second-order valence-corrected chi connectivity index (χ2v) is 33.4. The maximum atomic E-state index is 2.42. The summed E-state index contributed by atoms with van der Waals surface area (Å²) in [6.07, 6.45) is 10.9. The van der Waals surface area contributed by atoms with Gasteiger partial charge in [0, 0.05) is 0 Å². The van der Waals surface area contributed by atoms with Crippen molar-refractivity contribution in [3.8, 4) is 0 Å². The second-order valence-electron chi connectivity index (χ2n) is 24.1. The summed E-state index contributed by atoms with van der Waals surface area (Å²) in [5, 5.41) is 17.7. The van der Waals surface area contributed by atoms with Crippen LogP contribution in [0, 0.1) is 47.3 Å². The molecule has 0 atom stereocenters. The smallest absolute Gasteiger partial charge is 1.00 e. The van der Waals surface area contributed by atoms with Gasteiger partial charge in [0.1, 0.15) is 0 Å². The van der Waals surface area contributed by atoms with E-state index >= 15 is 0 Å². The Hall–Kier alpha value is -1.33. The molecular weight excluding hydrogens is 1160 g/mol. The quantitative estimate of drug-likeness (QED) is 0.0527. The number of fused-ring (bicyclic) bond motifs is 4. The molecule has 0 spiro atoms. The van der Waals surface area contributed by atoms with Crippen molar-refractivity contribution < 1.29 is 61.8 Å². The molecule has 0 bridgehead atoms. The summed E-state index contributed by atoms with van der Waals surface area (Å²) in [5.74, 6) is 6.39. The van der Waals surface area contributed by atoms with E-state index in [1.165, 1.54) is 92.4 Å². The molecule has 0 amide bonds. The Bertz CT molecular complexity index is 2200. The molecule has 8 aromatic rings. The Balaban J connectivity index is 0.000000498. The average molecular weight is 1260 g/mol. The summed E-state index contributed by atoms with van der Waals surface area (Å²) in [6.45, 7) is 37.5. The molecule has 0 aliphatic rings. The van der Waals surface area contributed by atoms with Crippen molar-refractivity contribution in [2.75, 3.05) is 49.3 Å². The molecule has 0 aliphatic carbocycles. The first kappa shape index (κ1) is 72.7. The Kier molecular flexibility index (Phi) is 35.3. The molecule has 412 valence electrons. The van der Waals surface area contributed by atoms with E-state index in [1.54, 1.807) is 21.2 Å². The minimum absolute atomic E-state index is 0. The van der Waals surface area contributed by atoms with Crippen LogP contribution >= 0.6 is 31.7 Å². The third-order valence-electron chi connectivity index (χ3n) is 12.6. The van der Waals surface area contributed by atoms with E-state index < -0.39 is 0 Å². The predicted molar refractivity (Wildman–Crippen MR) is 342 cm³/mol. The molecule has 0 fully saturated rings. The Morgan fingerprint density at radius 1 is 0.263 bits per heavy atom. The van der Waals surface area contributed by atoms with Crippen molar-refractivity contribution in [3.05, 3.63) is 146 Å². The van der Waals surface area contributed by atoms with E-state index in [0.717, 1.165) is 47.3 Å². The fraction of sp³-hybridized carbons (Fsp3) is 0.471. The molecule has 0 N–H and O–H groups in total. The first-order chi connectivity index (χ1) is 34.2. The Labute approximate surface area is 506 Å². The van der Waals surface area contributed by atoms with E-state index in [1.807, 2.05) is 0 Å². The van der Waals surface area contributed by atoms with Crippen LogP contribution in [0.3, 0.4) is 0 Å². The van der Waals surface area contributed by atoms with Gasteiger partial charge >= 0.3 is 52.4 Å². The van der Waals surface area contributed by atoms with Crippen LogP contribution in [0.5, 0.6) is 0 Å². The van der Waals surface area contributed by atoms with Gasteiger partial charge in [-0.05, 0) is 96.6 Å². The Morgan fingerprint density at radius 3 is 0.539 bits per heavy atom. The number of rotatable bonds is 20. The molecule has 0 saturated carbocycles. The molecule has 0 saturated heterocycles. The Morgan fingerprint density at radius 2 is 0.408 bits per heavy atom. The normalized spacial score (nSPS) is 11.5. The molecule has 0 aromatic heterocycles. The summed E-state index contributed by atoms with van der Waals surface area (Å²) in [7, 11) is 0.0741. The minimum Gasteiger partial charge on any atom is -1.00 e.